The van der Waals surface area contributed by atoms with Crippen molar-refractivity contribution in [2.45, 2.75) is 58.4 Å². The first-order chi connectivity index (χ1) is 15.3. The topological polar surface area (TPSA) is 98.8 Å². The van der Waals surface area contributed by atoms with E-state index in [2.05, 4.69) is 5.32 Å². The molecule has 1 aromatic rings. The third-order valence-electron chi connectivity index (χ3n) is 7.18. The first kappa shape index (κ1) is 25.5. The normalized spacial score (nSPS) is 29.5. The van der Waals surface area contributed by atoms with Gasteiger partial charge < -0.3 is 19.0 Å². The van der Waals surface area contributed by atoms with Gasteiger partial charge in [-0.25, -0.2) is 9.59 Å². The van der Waals surface area contributed by atoms with Crippen molar-refractivity contribution in [3.63, 3.8) is 0 Å². The number of benzene rings is 1. The Morgan fingerprint density at radius 2 is 1.70 bits per heavy atom. The maximum absolute atomic E-state index is 12.9. The van der Waals surface area contributed by atoms with Gasteiger partial charge in [0.05, 0.1) is 17.1 Å². The molecule has 180 valence electrons. The van der Waals surface area contributed by atoms with Crippen LogP contribution in [0.3, 0.4) is 0 Å². The molecule has 2 aliphatic heterocycles. The molecule has 0 bridgehead atoms. The molecule has 1 aromatic carbocycles. The van der Waals surface area contributed by atoms with E-state index in [0.717, 1.165) is 0 Å². The summed E-state index contributed by atoms with van der Waals surface area (Å²) in [5.41, 5.74) is 0.167. The fraction of sp³-hybridized carbons (Fsp3) is 0.545. The molecule has 1 amide bonds. The minimum absolute atomic E-state index is 0.00713. The predicted octanol–water partition coefficient (Wildman–Crippen LogP) is 3.37. The summed E-state index contributed by atoms with van der Waals surface area (Å²) in [4.78, 5) is 50.6. The number of hydrogen-bond donors (Lipinski definition) is 1. The molecular formula is C22H29BCl2N2O6. The number of halogens is 2. The SMILES string of the molecule is CC(C)C[C@H](CC(=O)CNC(=O)c1cc(Cl)ccc1Cl)[B-]12OC(=O)[C@@H](C)[N+]1(C)[C@@H](C)C(=O)O2. The Hall–Kier alpha value is -2.10. The highest BCUT2D eigenvalue weighted by molar-refractivity contribution is 6.68. The lowest BCUT2D eigenvalue weighted by molar-refractivity contribution is -0.840. The molecule has 0 aromatic heterocycles. The van der Waals surface area contributed by atoms with Gasteiger partial charge in [-0.15, -0.1) is 0 Å². The summed E-state index contributed by atoms with van der Waals surface area (Å²) in [5.74, 6) is -2.05. The summed E-state index contributed by atoms with van der Waals surface area (Å²) in [6, 6.07) is 3.30. The van der Waals surface area contributed by atoms with Crippen LogP contribution in [0.15, 0.2) is 18.2 Å². The molecule has 2 fully saturated rings. The fourth-order valence-corrected chi connectivity index (χ4v) is 5.54. The fourth-order valence-electron chi connectivity index (χ4n) is 5.16. The van der Waals surface area contributed by atoms with Gasteiger partial charge in [-0.2, -0.15) is 0 Å². The number of fused-ring (bicyclic) bond motifs is 1. The van der Waals surface area contributed by atoms with Crippen molar-refractivity contribution in [2.24, 2.45) is 5.92 Å². The number of nitrogens with zero attached hydrogens (tertiary/aromatic N) is 1. The number of quaternary nitrogens is 1. The summed E-state index contributed by atoms with van der Waals surface area (Å²) in [7, 11) is 1.78. The Morgan fingerprint density at radius 3 is 2.24 bits per heavy atom. The van der Waals surface area contributed by atoms with Gasteiger partial charge in [-0.1, -0.05) is 43.5 Å². The average Bonchev–Trinajstić information content (AvgIpc) is 3.06. The first-order valence-corrected chi connectivity index (χ1v) is 11.8. The summed E-state index contributed by atoms with van der Waals surface area (Å²) < 4.78 is 11.6. The van der Waals surface area contributed by atoms with Crippen LogP contribution in [0.2, 0.25) is 15.9 Å². The van der Waals surface area contributed by atoms with E-state index in [0.29, 0.717) is 11.4 Å². The van der Waals surface area contributed by atoms with Crippen molar-refractivity contribution in [3.05, 3.63) is 33.8 Å². The summed E-state index contributed by atoms with van der Waals surface area (Å²) >= 11 is 12.0. The quantitative estimate of drug-likeness (QED) is 0.551. The molecule has 2 saturated heterocycles. The van der Waals surface area contributed by atoms with E-state index in [4.69, 9.17) is 32.5 Å². The van der Waals surface area contributed by atoms with Crippen LogP contribution in [0.5, 0.6) is 0 Å². The predicted molar refractivity (Wildman–Crippen MR) is 125 cm³/mol. The third-order valence-corrected chi connectivity index (χ3v) is 7.74. The van der Waals surface area contributed by atoms with E-state index in [1.54, 1.807) is 27.0 Å². The number of ketones is 1. The molecule has 0 saturated carbocycles. The van der Waals surface area contributed by atoms with E-state index in [1.165, 1.54) is 12.1 Å². The lowest BCUT2D eigenvalue weighted by Crippen LogP contribution is -2.68. The molecule has 2 unspecified atom stereocenters. The van der Waals surface area contributed by atoms with Gasteiger partial charge in [-0.3, -0.25) is 9.59 Å². The Bertz CT molecular complexity index is 977. The molecule has 33 heavy (non-hydrogen) atoms. The van der Waals surface area contributed by atoms with Gasteiger partial charge in [0.25, 0.3) is 5.91 Å². The smallest absolute Gasteiger partial charge is 0.587 e. The van der Waals surface area contributed by atoms with Crippen LogP contribution >= 0.6 is 23.2 Å². The number of Topliss-reactive ketones (excluding diaryl/α,β-unsaturated/α-hetero) is 1. The second-order valence-electron chi connectivity index (χ2n) is 9.62. The molecule has 0 spiro atoms. The van der Waals surface area contributed by atoms with Gasteiger partial charge in [0, 0.05) is 12.1 Å². The average molecular weight is 499 g/mol. The number of likely N-dealkylation sites (N-methyl/N-ethyl adjacent to an activating group) is 1. The van der Waals surface area contributed by atoms with Crippen molar-refractivity contribution in [1.29, 1.82) is 0 Å². The van der Waals surface area contributed by atoms with Crippen LogP contribution in [0.1, 0.15) is 50.9 Å². The minimum Gasteiger partial charge on any atom is -0.600 e. The largest absolute Gasteiger partial charge is 0.600 e. The highest BCUT2D eigenvalue weighted by atomic mass is 35.5. The molecular weight excluding hydrogens is 470 g/mol. The molecule has 0 radical (unpaired) electrons. The Kier molecular flexibility index (Phi) is 7.17. The zero-order valence-electron chi connectivity index (χ0n) is 19.4. The molecule has 5 atom stereocenters. The number of nitrogens with one attached hydrogen (secondary N) is 1. The van der Waals surface area contributed by atoms with Crippen LogP contribution in [-0.2, 0) is 23.7 Å². The summed E-state index contributed by atoms with van der Waals surface area (Å²) in [6.45, 7) is 4.71. The molecule has 1 N–H and O–H groups in total. The highest BCUT2D eigenvalue weighted by Gasteiger charge is 2.74. The molecule has 0 aliphatic carbocycles. The Morgan fingerprint density at radius 1 is 1.12 bits per heavy atom. The number of amides is 1. The van der Waals surface area contributed by atoms with Gasteiger partial charge in [-0.05, 0) is 50.2 Å². The Labute approximate surface area is 203 Å². The second-order valence-corrected chi connectivity index (χ2v) is 10.5. The molecule has 8 nitrogen and oxygen atoms in total. The van der Waals surface area contributed by atoms with Crippen molar-refractivity contribution < 1.29 is 32.9 Å². The second kappa shape index (κ2) is 9.27. The van der Waals surface area contributed by atoms with E-state index in [-0.39, 0.29) is 39.6 Å². The summed E-state index contributed by atoms with van der Waals surface area (Å²) in [6.07, 6.45) is 0.489. The highest BCUT2D eigenvalue weighted by Crippen LogP contribution is 2.50. The van der Waals surface area contributed by atoms with Crippen LogP contribution in [0, 0.1) is 5.92 Å². The van der Waals surface area contributed by atoms with E-state index < -0.39 is 42.4 Å². The first-order valence-electron chi connectivity index (χ1n) is 11.0. The lowest BCUT2D eigenvalue weighted by atomic mass is 9.51. The van der Waals surface area contributed by atoms with E-state index in [1.807, 2.05) is 13.8 Å². The molecule has 2 aliphatic rings. The number of hydrogen-bond acceptors (Lipinski definition) is 6. The van der Waals surface area contributed by atoms with Crippen LogP contribution in [-0.4, -0.2) is 60.4 Å². The van der Waals surface area contributed by atoms with Gasteiger partial charge >= 0.3 is 18.6 Å². The van der Waals surface area contributed by atoms with Crippen molar-refractivity contribution >= 4 is 53.5 Å². The lowest BCUT2D eigenvalue weighted by Gasteiger charge is -2.48. The number of carbonyl (C=O) groups is 4. The standard InChI is InChI=1S/C22H29BCl2N2O6/c1-12(2)8-15(23-27(5,13(3)21(30)32-23)14(4)22(31)33-23)9-17(28)11-26-20(29)18-10-16(24)6-7-19(18)25/h6-7,10,12-15H,8-9,11H2,1-5H3,(H,26,29)/t13-,14+,15-,23?,27?/m1/s1. The zero-order chi connectivity index (χ0) is 24.7. The Balaban J connectivity index is 1.80. The van der Waals surface area contributed by atoms with Gasteiger partial charge in [0.2, 0.25) is 0 Å². The van der Waals surface area contributed by atoms with Crippen LogP contribution in [0.25, 0.3) is 0 Å². The molecule has 11 heteroatoms. The number of rotatable bonds is 8. The zero-order valence-corrected chi connectivity index (χ0v) is 20.9. The summed E-state index contributed by atoms with van der Waals surface area (Å²) in [5, 5.41) is 3.14. The van der Waals surface area contributed by atoms with Crippen molar-refractivity contribution in [1.82, 2.24) is 5.32 Å². The maximum atomic E-state index is 12.9. The third kappa shape index (κ3) is 4.38. The van der Waals surface area contributed by atoms with E-state index >= 15 is 0 Å². The molecule has 3 rings (SSSR count). The van der Waals surface area contributed by atoms with Crippen LogP contribution in [0.4, 0.5) is 0 Å². The van der Waals surface area contributed by atoms with Crippen molar-refractivity contribution in [2.75, 3.05) is 13.6 Å². The van der Waals surface area contributed by atoms with E-state index in [9.17, 15) is 19.2 Å². The van der Waals surface area contributed by atoms with Gasteiger partial charge in [0.1, 0.15) is 17.9 Å². The minimum atomic E-state index is -2.44. The monoisotopic (exact) mass is 498 g/mol. The number of carbonyl (C=O) groups excluding carboxylic acids is 4. The van der Waals surface area contributed by atoms with Gasteiger partial charge in [0.15, 0.2) is 0 Å². The van der Waals surface area contributed by atoms with Crippen LogP contribution < -0.4 is 5.32 Å². The molecule has 2 heterocycles. The maximum Gasteiger partial charge on any atom is 0.587 e. The van der Waals surface area contributed by atoms with Crippen molar-refractivity contribution in [3.8, 4) is 0 Å².